The lowest BCUT2D eigenvalue weighted by Gasteiger charge is -2.24. The second kappa shape index (κ2) is 7.28. The van der Waals surface area contributed by atoms with Gasteiger partial charge in [0.15, 0.2) is 5.79 Å². The third kappa shape index (κ3) is 3.40. The van der Waals surface area contributed by atoms with Crippen molar-refractivity contribution in [3.63, 3.8) is 0 Å². The minimum absolute atomic E-state index is 0.0240. The molecule has 5 rings (SSSR count). The Kier molecular flexibility index (Phi) is 4.83. The highest BCUT2D eigenvalue weighted by atomic mass is 35.5. The Labute approximate surface area is 182 Å². The van der Waals surface area contributed by atoms with Crippen molar-refractivity contribution in [3.8, 4) is 10.6 Å². The van der Waals surface area contributed by atoms with E-state index < -0.39 is 5.79 Å². The zero-order chi connectivity index (χ0) is 21.0. The van der Waals surface area contributed by atoms with Crippen LogP contribution in [0.4, 0.5) is 11.8 Å². The molecular formula is C20H22ClN5O3S. The van der Waals surface area contributed by atoms with E-state index in [1.54, 1.807) is 0 Å². The number of ether oxygens (including phenoxy) is 2. The first-order valence-electron chi connectivity index (χ1n) is 9.76. The molecule has 0 spiro atoms. The van der Waals surface area contributed by atoms with E-state index in [9.17, 15) is 5.11 Å². The summed E-state index contributed by atoms with van der Waals surface area (Å²) in [6, 6.07) is 7.74. The number of aliphatic hydroxyl groups is 1. The molecule has 30 heavy (non-hydrogen) atoms. The van der Waals surface area contributed by atoms with Gasteiger partial charge >= 0.3 is 0 Å². The standard InChI is InChI=1S/C20H22ClN5O3S/c1-20(2)28-14-9(8-27)7-11(15(14)29-20)23-17-13(16(21)25-19(22)26-17)18-24-10-5-3-4-6-12(10)30-18/h3-6,9,11,14-15,27H,7-8H2,1-2H3,(H3,22,23,25,26)/t9-,11-,14-,15+/m1/s1. The SMILES string of the molecule is CC1(C)O[C@@H]2[C@@H](CO)C[C@@H](Nc3nc(N)nc(Cl)c3-c3nc4ccccc4s3)[C@@H]2O1. The number of nitrogens with one attached hydrogen (secondary N) is 1. The monoisotopic (exact) mass is 447 g/mol. The molecule has 2 aliphatic rings. The quantitative estimate of drug-likeness (QED) is 0.522. The molecular weight excluding hydrogens is 426 g/mol. The number of halogens is 1. The molecule has 1 aliphatic heterocycles. The molecule has 0 radical (unpaired) electrons. The number of para-hydroxylation sites is 1. The molecule has 8 nitrogen and oxygen atoms in total. The van der Waals surface area contributed by atoms with Crippen molar-refractivity contribution >= 4 is 44.9 Å². The first kappa shape index (κ1) is 19.9. The van der Waals surface area contributed by atoms with Crippen molar-refractivity contribution in [2.24, 2.45) is 5.92 Å². The number of nitrogens with two attached hydrogens (primary N) is 1. The summed E-state index contributed by atoms with van der Waals surface area (Å²) in [5, 5.41) is 14.2. The molecule has 1 aromatic carbocycles. The highest BCUT2D eigenvalue weighted by Gasteiger charge is 2.54. The highest BCUT2D eigenvalue weighted by molar-refractivity contribution is 7.21. The fourth-order valence-corrected chi connectivity index (χ4v) is 5.64. The van der Waals surface area contributed by atoms with Crippen LogP contribution in [-0.2, 0) is 9.47 Å². The molecule has 4 atom stereocenters. The maximum Gasteiger partial charge on any atom is 0.223 e. The molecule has 2 aromatic heterocycles. The van der Waals surface area contributed by atoms with Crippen LogP contribution in [0.2, 0.25) is 5.15 Å². The lowest BCUT2D eigenvalue weighted by molar-refractivity contribution is -0.158. The molecule has 158 valence electrons. The summed E-state index contributed by atoms with van der Waals surface area (Å²) in [7, 11) is 0. The third-order valence-electron chi connectivity index (χ3n) is 5.53. The summed E-state index contributed by atoms with van der Waals surface area (Å²) >= 11 is 8.01. The summed E-state index contributed by atoms with van der Waals surface area (Å²) in [6.07, 6.45) is 0.251. The number of hydrogen-bond acceptors (Lipinski definition) is 9. The van der Waals surface area contributed by atoms with E-state index in [2.05, 4.69) is 15.3 Å². The lowest BCUT2D eigenvalue weighted by atomic mass is 10.1. The smallest absolute Gasteiger partial charge is 0.223 e. The number of hydrogen-bond donors (Lipinski definition) is 3. The normalized spacial score (nSPS) is 27.5. The minimum atomic E-state index is -0.707. The van der Waals surface area contributed by atoms with Gasteiger partial charge in [-0.25, -0.2) is 9.97 Å². The van der Waals surface area contributed by atoms with Gasteiger partial charge in [-0.05, 0) is 32.4 Å². The Bertz CT molecular complexity index is 1070. The lowest BCUT2D eigenvalue weighted by Crippen LogP contribution is -2.35. The van der Waals surface area contributed by atoms with Crippen LogP contribution in [0.15, 0.2) is 24.3 Å². The van der Waals surface area contributed by atoms with E-state index in [-0.39, 0.29) is 41.9 Å². The number of rotatable bonds is 4. The van der Waals surface area contributed by atoms with Gasteiger partial charge in [0.2, 0.25) is 5.95 Å². The van der Waals surface area contributed by atoms with Gasteiger partial charge in [-0.2, -0.15) is 4.98 Å². The second-order valence-corrected chi connectivity index (χ2v) is 9.47. The molecule has 1 saturated heterocycles. The Morgan fingerprint density at radius 1 is 1.23 bits per heavy atom. The van der Waals surface area contributed by atoms with E-state index >= 15 is 0 Å². The number of aromatic nitrogens is 3. The van der Waals surface area contributed by atoms with E-state index in [1.165, 1.54) is 11.3 Å². The van der Waals surface area contributed by atoms with Crippen molar-refractivity contribution < 1.29 is 14.6 Å². The number of benzene rings is 1. The van der Waals surface area contributed by atoms with Crippen molar-refractivity contribution in [1.29, 1.82) is 0 Å². The van der Waals surface area contributed by atoms with Crippen LogP contribution in [0.5, 0.6) is 0 Å². The second-order valence-electron chi connectivity index (χ2n) is 8.08. The van der Waals surface area contributed by atoms with Crippen LogP contribution in [0.25, 0.3) is 20.8 Å². The molecule has 10 heteroatoms. The third-order valence-corrected chi connectivity index (χ3v) is 6.86. The van der Waals surface area contributed by atoms with Crippen LogP contribution in [0.1, 0.15) is 20.3 Å². The van der Waals surface area contributed by atoms with Crippen molar-refractivity contribution in [3.05, 3.63) is 29.4 Å². The first-order chi connectivity index (χ1) is 14.3. The molecule has 0 bridgehead atoms. The maximum absolute atomic E-state index is 9.83. The summed E-state index contributed by atoms with van der Waals surface area (Å²) in [5.74, 6) is -0.164. The minimum Gasteiger partial charge on any atom is -0.396 e. The van der Waals surface area contributed by atoms with Crippen molar-refractivity contribution in [1.82, 2.24) is 15.0 Å². The molecule has 2 fully saturated rings. The van der Waals surface area contributed by atoms with E-state index in [4.69, 9.17) is 31.8 Å². The summed E-state index contributed by atoms with van der Waals surface area (Å²) in [4.78, 5) is 13.3. The van der Waals surface area contributed by atoms with Gasteiger partial charge in [0.05, 0.1) is 27.9 Å². The topological polar surface area (TPSA) is 115 Å². The molecule has 1 saturated carbocycles. The Balaban J connectivity index is 1.53. The Morgan fingerprint density at radius 2 is 2.00 bits per heavy atom. The maximum atomic E-state index is 9.83. The zero-order valence-corrected chi connectivity index (χ0v) is 18.1. The van der Waals surface area contributed by atoms with Crippen LogP contribution in [-0.4, -0.2) is 50.7 Å². The molecule has 3 aromatic rings. The predicted molar refractivity (Wildman–Crippen MR) is 116 cm³/mol. The van der Waals surface area contributed by atoms with Crippen LogP contribution in [0.3, 0.4) is 0 Å². The largest absolute Gasteiger partial charge is 0.396 e. The van der Waals surface area contributed by atoms with Crippen LogP contribution >= 0.6 is 22.9 Å². The molecule has 0 amide bonds. The van der Waals surface area contributed by atoms with Gasteiger partial charge in [-0.1, -0.05) is 23.7 Å². The molecule has 0 unspecified atom stereocenters. The number of fused-ring (bicyclic) bond motifs is 2. The number of nitrogen functional groups attached to an aromatic ring is 1. The number of aliphatic hydroxyl groups excluding tert-OH is 1. The molecule has 1 aliphatic carbocycles. The van der Waals surface area contributed by atoms with Crippen LogP contribution in [0, 0.1) is 5.92 Å². The fourth-order valence-electron chi connectivity index (χ4n) is 4.31. The molecule has 3 heterocycles. The Hall–Kier alpha value is -2.04. The van der Waals surface area contributed by atoms with E-state index in [0.717, 1.165) is 10.2 Å². The van der Waals surface area contributed by atoms with Crippen molar-refractivity contribution in [2.75, 3.05) is 17.7 Å². The number of nitrogens with zero attached hydrogens (tertiary/aromatic N) is 3. The van der Waals surface area contributed by atoms with Gasteiger partial charge in [-0.15, -0.1) is 11.3 Å². The van der Waals surface area contributed by atoms with Gasteiger partial charge in [0.25, 0.3) is 0 Å². The van der Waals surface area contributed by atoms with Gasteiger partial charge < -0.3 is 25.6 Å². The van der Waals surface area contributed by atoms with Gasteiger partial charge in [0, 0.05) is 12.5 Å². The zero-order valence-electron chi connectivity index (χ0n) is 16.5. The number of thiazole rings is 1. The van der Waals surface area contributed by atoms with E-state index in [0.29, 0.717) is 22.8 Å². The highest BCUT2D eigenvalue weighted by Crippen LogP contribution is 2.44. The summed E-state index contributed by atoms with van der Waals surface area (Å²) < 4.78 is 13.2. The average molecular weight is 448 g/mol. The van der Waals surface area contributed by atoms with Crippen LogP contribution < -0.4 is 11.1 Å². The predicted octanol–water partition coefficient (Wildman–Crippen LogP) is 3.30. The van der Waals surface area contributed by atoms with Gasteiger partial charge in [-0.3, -0.25) is 0 Å². The first-order valence-corrected chi connectivity index (χ1v) is 11.0. The van der Waals surface area contributed by atoms with Crippen molar-refractivity contribution in [2.45, 2.75) is 44.3 Å². The number of anilines is 2. The molecule has 4 N–H and O–H groups in total. The summed E-state index contributed by atoms with van der Waals surface area (Å²) in [6.45, 7) is 3.78. The Morgan fingerprint density at radius 3 is 2.77 bits per heavy atom. The van der Waals surface area contributed by atoms with Gasteiger partial charge in [0.1, 0.15) is 22.1 Å². The fraction of sp³-hybridized carbons (Fsp3) is 0.450. The van der Waals surface area contributed by atoms with E-state index in [1.807, 2.05) is 38.1 Å². The summed E-state index contributed by atoms with van der Waals surface area (Å²) in [5.41, 5.74) is 7.39. The average Bonchev–Trinajstić information content (AvgIpc) is 3.32.